The van der Waals surface area contributed by atoms with Crippen molar-refractivity contribution < 1.29 is 14.6 Å². The van der Waals surface area contributed by atoms with Crippen LogP contribution in [-0.2, 0) is 12.8 Å². The number of nitrogens with one attached hydrogen (secondary N) is 2. The molecule has 6 heteroatoms. The number of benzene rings is 1. The second kappa shape index (κ2) is 4.80. The first-order valence-corrected chi connectivity index (χ1v) is 6.42. The number of rotatable bonds is 3. The molecule has 0 bridgehead atoms. The van der Waals surface area contributed by atoms with Gasteiger partial charge in [0.05, 0.1) is 0 Å². The van der Waals surface area contributed by atoms with Crippen molar-refractivity contribution in [3.63, 3.8) is 0 Å². The van der Waals surface area contributed by atoms with Gasteiger partial charge in [0.15, 0.2) is 12.4 Å². The zero-order valence-corrected chi connectivity index (χ0v) is 10.9. The number of phenolic OH excluding ortho intramolecular Hbond substituents is 1. The number of amides is 1. The third-order valence-corrected chi connectivity index (χ3v) is 3.42. The Morgan fingerprint density at radius 2 is 2.10 bits per heavy atom. The summed E-state index contributed by atoms with van der Waals surface area (Å²) >= 11 is 0. The van der Waals surface area contributed by atoms with Crippen LogP contribution in [0.3, 0.4) is 0 Å². The monoisotopic (exact) mass is 271 g/mol. The number of aryl methyl sites for hydroxylation is 1. The highest BCUT2D eigenvalue weighted by Crippen LogP contribution is 2.22. The van der Waals surface area contributed by atoms with Crippen LogP contribution < -0.4 is 5.43 Å². The van der Waals surface area contributed by atoms with E-state index < -0.39 is 0 Å². The van der Waals surface area contributed by atoms with Gasteiger partial charge < -0.3 is 5.11 Å². The number of hydrazone groups is 1. The van der Waals surface area contributed by atoms with Crippen molar-refractivity contribution in [2.75, 3.05) is 0 Å². The molecule has 1 aromatic carbocycles. The summed E-state index contributed by atoms with van der Waals surface area (Å²) < 4.78 is 1.36. The largest absolute Gasteiger partial charge is 0.508 e. The van der Waals surface area contributed by atoms with Gasteiger partial charge >= 0.3 is 5.91 Å². The third-order valence-electron chi connectivity index (χ3n) is 3.42. The topological polar surface area (TPSA) is 81.0 Å². The fourth-order valence-corrected chi connectivity index (χ4v) is 2.38. The Hall–Kier alpha value is -2.63. The molecule has 1 aliphatic carbocycles. The Kier molecular flexibility index (Phi) is 2.98. The molecule has 102 valence electrons. The van der Waals surface area contributed by atoms with Gasteiger partial charge in [0, 0.05) is 23.4 Å². The van der Waals surface area contributed by atoms with E-state index in [1.54, 1.807) is 12.1 Å². The third kappa shape index (κ3) is 2.16. The number of hydrogen-bond acceptors (Lipinski definition) is 3. The number of aromatic amines is 1. The number of hydrogen-bond donors (Lipinski definition) is 3. The number of carbonyl (C=O) groups excluding carboxylic acids is 1. The maximum Gasteiger partial charge on any atom is 0.326 e. The SMILES string of the molecule is C=[N+](NC(=O)c1n[nH]c2c1CCC2)c1ccc(O)cc1. The Labute approximate surface area is 115 Å². The van der Waals surface area contributed by atoms with Gasteiger partial charge in [0.25, 0.3) is 0 Å². The average molecular weight is 271 g/mol. The van der Waals surface area contributed by atoms with Crippen molar-refractivity contribution in [1.82, 2.24) is 15.6 Å². The summed E-state index contributed by atoms with van der Waals surface area (Å²) in [5.74, 6) is -0.119. The second-order valence-corrected chi connectivity index (χ2v) is 4.77. The van der Waals surface area contributed by atoms with Crippen LogP contribution >= 0.6 is 0 Å². The van der Waals surface area contributed by atoms with Crippen LogP contribution in [0.25, 0.3) is 0 Å². The van der Waals surface area contributed by atoms with E-state index in [0.717, 1.165) is 30.5 Å². The molecule has 0 fully saturated rings. The van der Waals surface area contributed by atoms with Gasteiger partial charge in [0.2, 0.25) is 5.69 Å². The standard InChI is InChI=1S/C14H14N4O2/c1-18(9-5-7-10(19)8-6-9)17-14(20)13-11-3-2-4-12(11)15-16-13/h5-8H,1-4H2,(H2-,15,16,17,19,20)/p+1. The van der Waals surface area contributed by atoms with Gasteiger partial charge in [-0.05, 0) is 31.4 Å². The van der Waals surface area contributed by atoms with Gasteiger partial charge in [-0.2, -0.15) is 5.10 Å². The van der Waals surface area contributed by atoms with E-state index in [2.05, 4.69) is 22.3 Å². The van der Waals surface area contributed by atoms with Crippen LogP contribution in [-0.4, -0.2) is 32.6 Å². The van der Waals surface area contributed by atoms with Crippen LogP contribution in [0.2, 0.25) is 0 Å². The fraction of sp³-hybridized carbons (Fsp3) is 0.214. The van der Waals surface area contributed by atoms with Crippen molar-refractivity contribution in [2.45, 2.75) is 19.3 Å². The lowest BCUT2D eigenvalue weighted by atomic mass is 10.2. The molecule has 0 saturated heterocycles. The summed E-state index contributed by atoms with van der Waals surface area (Å²) in [5, 5.41) is 16.2. The first kappa shape index (κ1) is 12.4. The van der Waals surface area contributed by atoms with Crippen molar-refractivity contribution >= 4 is 18.3 Å². The maximum absolute atomic E-state index is 12.2. The minimum atomic E-state index is -0.285. The minimum absolute atomic E-state index is 0.165. The van der Waals surface area contributed by atoms with Crippen LogP contribution in [0.15, 0.2) is 24.3 Å². The number of nitrogens with zero attached hydrogens (tertiary/aromatic N) is 2. The molecule has 3 rings (SSSR count). The van der Waals surface area contributed by atoms with Crippen LogP contribution in [0.5, 0.6) is 5.75 Å². The molecule has 1 aliphatic rings. The quantitative estimate of drug-likeness (QED) is 0.447. The molecule has 0 radical (unpaired) electrons. The van der Waals surface area contributed by atoms with Crippen molar-refractivity contribution in [1.29, 1.82) is 0 Å². The summed E-state index contributed by atoms with van der Waals surface area (Å²) in [7, 11) is 0. The number of aromatic nitrogens is 2. The predicted octanol–water partition coefficient (Wildman–Crippen LogP) is 1.29. The highest BCUT2D eigenvalue weighted by Gasteiger charge is 2.25. The smallest absolute Gasteiger partial charge is 0.326 e. The zero-order valence-electron chi connectivity index (χ0n) is 10.9. The number of aromatic hydroxyl groups is 1. The molecule has 0 aliphatic heterocycles. The molecular weight excluding hydrogens is 256 g/mol. The highest BCUT2D eigenvalue weighted by atomic mass is 16.3. The first-order valence-electron chi connectivity index (χ1n) is 6.42. The molecule has 0 atom stereocenters. The Morgan fingerprint density at radius 3 is 2.85 bits per heavy atom. The van der Waals surface area contributed by atoms with Gasteiger partial charge in [0.1, 0.15) is 5.75 Å². The van der Waals surface area contributed by atoms with Gasteiger partial charge in [-0.3, -0.25) is 9.89 Å². The van der Waals surface area contributed by atoms with Crippen molar-refractivity contribution in [3.05, 3.63) is 41.2 Å². The van der Waals surface area contributed by atoms with E-state index in [-0.39, 0.29) is 11.7 Å². The minimum Gasteiger partial charge on any atom is -0.508 e. The number of phenols is 1. The van der Waals surface area contributed by atoms with E-state index in [1.165, 1.54) is 16.8 Å². The molecule has 6 nitrogen and oxygen atoms in total. The van der Waals surface area contributed by atoms with Crippen LogP contribution in [0, 0.1) is 0 Å². The van der Waals surface area contributed by atoms with E-state index >= 15 is 0 Å². The molecule has 2 aromatic rings. The van der Waals surface area contributed by atoms with Gasteiger partial charge in [-0.15, -0.1) is 5.43 Å². The van der Waals surface area contributed by atoms with E-state index in [9.17, 15) is 9.90 Å². The molecule has 3 N–H and O–H groups in total. The first-order chi connectivity index (χ1) is 9.65. The molecular formula is C14H15N4O2+. The van der Waals surface area contributed by atoms with Crippen molar-refractivity contribution in [2.24, 2.45) is 0 Å². The Bertz CT molecular complexity index is 673. The lowest BCUT2D eigenvalue weighted by Crippen LogP contribution is -2.31. The summed E-state index contributed by atoms with van der Waals surface area (Å²) in [6.07, 6.45) is 2.88. The average Bonchev–Trinajstić information content (AvgIpc) is 3.01. The van der Waals surface area contributed by atoms with Gasteiger partial charge in [-0.1, -0.05) is 4.68 Å². The maximum atomic E-state index is 12.2. The number of carbonyl (C=O) groups is 1. The van der Waals surface area contributed by atoms with Gasteiger partial charge in [-0.25, -0.2) is 0 Å². The number of fused-ring (bicyclic) bond motifs is 1. The lowest BCUT2D eigenvalue weighted by molar-refractivity contribution is -0.481. The Morgan fingerprint density at radius 1 is 1.35 bits per heavy atom. The molecule has 0 saturated carbocycles. The molecule has 0 unspecified atom stereocenters. The highest BCUT2D eigenvalue weighted by molar-refractivity contribution is 5.93. The zero-order chi connectivity index (χ0) is 14.1. The fourth-order valence-electron chi connectivity index (χ4n) is 2.38. The lowest BCUT2D eigenvalue weighted by Gasteiger charge is -2.02. The van der Waals surface area contributed by atoms with Crippen molar-refractivity contribution in [3.8, 4) is 5.75 Å². The summed E-state index contributed by atoms with van der Waals surface area (Å²) in [6.45, 7) is 3.76. The molecule has 20 heavy (non-hydrogen) atoms. The van der Waals surface area contributed by atoms with E-state index in [1.807, 2.05) is 0 Å². The summed E-state index contributed by atoms with van der Waals surface area (Å²) in [4.78, 5) is 12.2. The predicted molar refractivity (Wildman–Crippen MR) is 73.2 cm³/mol. The van der Waals surface area contributed by atoms with E-state index in [4.69, 9.17) is 0 Å². The number of hydrazine groups is 1. The molecule has 0 spiro atoms. The summed E-state index contributed by atoms with van der Waals surface area (Å²) in [6, 6.07) is 6.40. The summed E-state index contributed by atoms with van der Waals surface area (Å²) in [5.41, 5.74) is 5.82. The van der Waals surface area contributed by atoms with Crippen LogP contribution in [0.1, 0.15) is 28.2 Å². The van der Waals surface area contributed by atoms with E-state index in [0.29, 0.717) is 11.4 Å². The van der Waals surface area contributed by atoms with Crippen LogP contribution in [0.4, 0.5) is 5.69 Å². The molecule has 1 aromatic heterocycles. The second-order valence-electron chi connectivity index (χ2n) is 4.77. The Balaban J connectivity index is 1.75. The normalized spacial score (nSPS) is 13.0. The molecule has 1 heterocycles. The number of H-pyrrole nitrogens is 1. The molecule has 1 amide bonds.